The van der Waals surface area contributed by atoms with Crippen molar-refractivity contribution in [1.82, 2.24) is 0 Å². The summed E-state index contributed by atoms with van der Waals surface area (Å²) < 4.78 is 6.59. The lowest BCUT2D eigenvalue weighted by Crippen LogP contribution is -2.49. The molecule has 0 aliphatic heterocycles. The summed E-state index contributed by atoms with van der Waals surface area (Å²) in [6.07, 6.45) is 3.77. The molecule has 0 heterocycles. The molecule has 0 saturated heterocycles. The van der Waals surface area contributed by atoms with Gasteiger partial charge >= 0.3 is 0 Å². The van der Waals surface area contributed by atoms with Crippen LogP contribution in [0, 0.1) is 16.2 Å². The number of benzene rings is 1. The standard InChI is InChI=1S/C24H29Cl5O2/c1-21(2,3)12-10-24(23(7,8)9,11-13(19(12)30)22(4,5)6)31-20-17(28)15(26)14(25)16(27)18(20)29/h10-11H,1-9H3. The van der Waals surface area contributed by atoms with Crippen LogP contribution in [0.5, 0.6) is 5.75 Å². The summed E-state index contributed by atoms with van der Waals surface area (Å²) in [6, 6.07) is 0. The van der Waals surface area contributed by atoms with Gasteiger partial charge in [0, 0.05) is 16.6 Å². The Balaban J connectivity index is 2.93. The van der Waals surface area contributed by atoms with E-state index < -0.39 is 21.8 Å². The highest BCUT2D eigenvalue weighted by Crippen LogP contribution is 2.53. The normalized spacial score (nSPS) is 17.4. The monoisotopic (exact) mass is 524 g/mol. The Morgan fingerprint density at radius 1 is 0.645 bits per heavy atom. The Morgan fingerprint density at radius 3 is 1.26 bits per heavy atom. The van der Waals surface area contributed by atoms with Gasteiger partial charge in [0.05, 0.1) is 15.1 Å². The van der Waals surface area contributed by atoms with Gasteiger partial charge in [-0.3, -0.25) is 4.79 Å². The third kappa shape index (κ3) is 4.94. The fraction of sp³-hybridized carbons (Fsp3) is 0.542. The molecule has 0 unspecified atom stereocenters. The second-order valence-electron chi connectivity index (χ2n) is 11.0. The van der Waals surface area contributed by atoms with Crippen LogP contribution >= 0.6 is 58.0 Å². The molecule has 2 rings (SSSR count). The van der Waals surface area contributed by atoms with Crippen molar-refractivity contribution in [3.8, 4) is 5.75 Å². The molecule has 0 N–H and O–H groups in total. The molecular weight excluding hydrogens is 498 g/mol. The van der Waals surface area contributed by atoms with Gasteiger partial charge in [-0.25, -0.2) is 0 Å². The van der Waals surface area contributed by atoms with Gasteiger partial charge in [-0.1, -0.05) is 120 Å². The van der Waals surface area contributed by atoms with Gasteiger partial charge in [-0.15, -0.1) is 0 Å². The second-order valence-corrected chi connectivity index (χ2v) is 12.9. The Morgan fingerprint density at radius 2 is 0.968 bits per heavy atom. The van der Waals surface area contributed by atoms with Gasteiger partial charge < -0.3 is 4.74 Å². The van der Waals surface area contributed by atoms with Gasteiger partial charge in [0.2, 0.25) is 0 Å². The van der Waals surface area contributed by atoms with Crippen molar-refractivity contribution >= 4 is 63.8 Å². The van der Waals surface area contributed by atoms with E-state index in [0.717, 1.165) is 0 Å². The molecule has 0 bridgehead atoms. The van der Waals surface area contributed by atoms with E-state index in [-0.39, 0.29) is 36.6 Å². The summed E-state index contributed by atoms with van der Waals surface area (Å²) in [5.41, 5.74) is -1.05. The molecule has 1 aromatic carbocycles. The van der Waals surface area contributed by atoms with E-state index in [1.165, 1.54) is 0 Å². The van der Waals surface area contributed by atoms with E-state index in [0.29, 0.717) is 11.1 Å². The molecule has 0 fully saturated rings. The molecule has 7 heteroatoms. The van der Waals surface area contributed by atoms with Crippen LogP contribution in [-0.2, 0) is 4.79 Å². The summed E-state index contributed by atoms with van der Waals surface area (Å²) in [4.78, 5) is 13.5. The van der Waals surface area contributed by atoms with Crippen molar-refractivity contribution in [2.45, 2.75) is 67.9 Å². The number of carbonyl (C=O) groups is 1. The first-order valence-electron chi connectivity index (χ1n) is 9.96. The predicted molar refractivity (Wildman–Crippen MR) is 134 cm³/mol. The maximum Gasteiger partial charge on any atom is 0.185 e. The largest absolute Gasteiger partial charge is 0.475 e. The number of Topliss-reactive ketones (excluding diaryl/α,β-unsaturated/α-hetero) is 1. The SMILES string of the molecule is CC(C)(C)C1=CC(Oc2c(Cl)c(Cl)c(Cl)c(Cl)c2Cl)(C(C)(C)C)C=C(C(C)(C)C)C1=O. The summed E-state index contributed by atoms with van der Waals surface area (Å²) in [5, 5.41) is 0.314. The number of hydrogen-bond acceptors (Lipinski definition) is 2. The van der Waals surface area contributed by atoms with E-state index in [4.69, 9.17) is 62.7 Å². The quantitative estimate of drug-likeness (QED) is 0.283. The second kappa shape index (κ2) is 8.44. The van der Waals surface area contributed by atoms with E-state index in [1.807, 2.05) is 74.5 Å². The molecule has 172 valence electrons. The first kappa shape index (κ1) is 26.9. The highest BCUT2D eigenvalue weighted by Gasteiger charge is 2.49. The van der Waals surface area contributed by atoms with Crippen molar-refractivity contribution in [2.75, 3.05) is 0 Å². The number of carbonyl (C=O) groups excluding carboxylic acids is 1. The third-order valence-corrected chi connectivity index (χ3v) is 7.68. The first-order chi connectivity index (χ1) is 13.7. The number of ketones is 1. The van der Waals surface area contributed by atoms with E-state index in [2.05, 4.69) is 0 Å². The van der Waals surface area contributed by atoms with Crippen molar-refractivity contribution in [3.05, 3.63) is 48.4 Å². The minimum absolute atomic E-state index is 0.00726. The molecule has 1 aromatic rings. The van der Waals surface area contributed by atoms with Crippen molar-refractivity contribution in [1.29, 1.82) is 0 Å². The first-order valence-corrected chi connectivity index (χ1v) is 11.9. The summed E-state index contributed by atoms with van der Waals surface area (Å²) in [7, 11) is 0. The molecule has 1 aliphatic carbocycles. The highest BCUT2D eigenvalue weighted by atomic mass is 35.5. The van der Waals surface area contributed by atoms with Crippen molar-refractivity contribution < 1.29 is 9.53 Å². The van der Waals surface area contributed by atoms with Crippen LogP contribution in [-0.4, -0.2) is 11.4 Å². The summed E-state index contributed by atoms with van der Waals surface area (Å²) >= 11 is 31.7. The van der Waals surface area contributed by atoms with Crippen LogP contribution in [0.1, 0.15) is 62.3 Å². The molecule has 0 saturated carbocycles. The topological polar surface area (TPSA) is 26.3 Å². The van der Waals surface area contributed by atoms with Crippen molar-refractivity contribution in [3.63, 3.8) is 0 Å². The molecule has 0 aromatic heterocycles. The molecule has 0 radical (unpaired) electrons. The maximum absolute atomic E-state index is 13.5. The zero-order valence-corrected chi connectivity index (χ0v) is 23.1. The molecular formula is C24H29Cl5O2. The predicted octanol–water partition coefficient (Wildman–Crippen LogP) is 9.64. The molecule has 2 nitrogen and oxygen atoms in total. The van der Waals surface area contributed by atoms with Gasteiger partial charge in [0.25, 0.3) is 0 Å². The fourth-order valence-electron chi connectivity index (χ4n) is 3.35. The van der Waals surface area contributed by atoms with Gasteiger partial charge in [-0.2, -0.15) is 0 Å². The lowest BCUT2D eigenvalue weighted by atomic mass is 9.64. The zero-order valence-electron chi connectivity index (χ0n) is 19.4. The Hall–Kier alpha value is -0.380. The van der Waals surface area contributed by atoms with Crippen LogP contribution in [0.2, 0.25) is 25.1 Å². The average molecular weight is 527 g/mol. The summed E-state index contributed by atoms with van der Waals surface area (Å²) in [5.74, 6) is 0.133. The maximum atomic E-state index is 13.5. The zero-order chi connectivity index (χ0) is 24.3. The minimum atomic E-state index is -1.06. The number of hydrogen-bond donors (Lipinski definition) is 0. The Labute approximate surface area is 210 Å². The van der Waals surface area contributed by atoms with Gasteiger partial charge in [-0.05, 0) is 23.0 Å². The minimum Gasteiger partial charge on any atom is -0.475 e. The number of rotatable bonds is 2. The molecule has 0 spiro atoms. The van der Waals surface area contributed by atoms with Crippen LogP contribution in [0.3, 0.4) is 0 Å². The third-order valence-electron chi connectivity index (χ3n) is 5.44. The van der Waals surface area contributed by atoms with Crippen LogP contribution in [0.25, 0.3) is 0 Å². The Bertz CT molecular complexity index is 920. The van der Waals surface area contributed by atoms with E-state index >= 15 is 0 Å². The fourth-order valence-corrected chi connectivity index (χ4v) is 4.55. The summed E-state index contributed by atoms with van der Waals surface area (Å²) in [6.45, 7) is 18.1. The van der Waals surface area contributed by atoms with E-state index in [1.54, 1.807) is 0 Å². The Kier molecular flexibility index (Phi) is 7.31. The van der Waals surface area contributed by atoms with Gasteiger partial charge in [0.1, 0.15) is 10.0 Å². The highest BCUT2D eigenvalue weighted by molar-refractivity contribution is 6.55. The van der Waals surface area contributed by atoms with Crippen LogP contribution in [0.15, 0.2) is 23.3 Å². The lowest BCUT2D eigenvalue weighted by molar-refractivity contribution is -0.114. The molecule has 1 aliphatic rings. The van der Waals surface area contributed by atoms with Crippen LogP contribution in [0.4, 0.5) is 0 Å². The number of halogens is 5. The van der Waals surface area contributed by atoms with Gasteiger partial charge in [0.15, 0.2) is 17.1 Å². The average Bonchev–Trinajstić information content (AvgIpc) is 2.60. The van der Waals surface area contributed by atoms with Crippen LogP contribution < -0.4 is 4.74 Å². The molecule has 31 heavy (non-hydrogen) atoms. The number of allylic oxidation sites excluding steroid dienone is 2. The lowest BCUT2D eigenvalue weighted by Gasteiger charge is -2.46. The van der Waals surface area contributed by atoms with E-state index in [9.17, 15) is 4.79 Å². The van der Waals surface area contributed by atoms with Crippen molar-refractivity contribution in [2.24, 2.45) is 16.2 Å². The number of ether oxygens (including phenoxy) is 1. The molecule has 0 amide bonds. The smallest absolute Gasteiger partial charge is 0.185 e. The molecule has 0 atom stereocenters.